The summed E-state index contributed by atoms with van der Waals surface area (Å²) in [5.41, 5.74) is 3.95. The number of piperazine rings is 1. The number of thiocarbonyl (C=S) groups is 1. The molecule has 0 aliphatic carbocycles. The molecule has 1 aliphatic rings. The Kier molecular flexibility index (Phi) is 10.4. The first-order valence-electron chi connectivity index (χ1n) is 15.0. The predicted molar refractivity (Wildman–Crippen MR) is 179 cm³/mol. The molecule has 1 aliphatic heterocycles. The third kappa shape index (κ3) is 7.89. The van der Waals surface area contributed by atoms with Crippen molar-refractivity contribution in [3.63, 3.8) is 0 Å². The number of benzene rings is 4. The van der Waals surface area contributed by atoms with Gasteiger partial charge in [0.25, 0.3) is 11.8 Å². The van der Waals surface area contributed by atoms with E-state index in [0.29, 0.717) is 48.2 Å². The SMILES string of the molecule is CC(C)COc1cccc(C(=O)NC(=S)Nc2ccccc2C(=O)N2CCN(C(c3ccccc3)c3ccccc3)CC2)c1. The lowest BCUT2D eigenvalue weighted by molar-refractivity contribution is 0.0598. The number of anilines is 1. The van der Waals surface area contributed by atoms with Crippen LogP contribution in [0.15, 0.2) is 109 Å². The Morgan fingerprint density at radius 3 is 2.05 bits per heavy atom. The molecule has 226 valence electrons. The Hall–Kier alpha value is -4.53. The van der Waals surface area contributed by atoms with Gasteiger partial charge in [0, 0.05) is 31.7 Å². The topological polar surface area (TPSA) is 73.9 Å². The monoisotopic (exact) mass is 606 g/mol. The minimum Gasteiger partial charge on any atom is -0.493 e. The molecule has 8 heteroatoms. The second kappa shape index (κ2) is 14.8. The number of nitrogens with one attached hydrogen (secondary N) is 2. The van der Waals surface area contributed by atoms with Crippen molar-refractivity contribution in [2.24, 2.45) is 5.92 Å². The molecule has 2 N–H and O–H groups in total. The molecular weight excluding hydrogens is 568 g/mol. The molecule has 2 amide bonds. The van der Waals surface area contributed by atoms with Crippen molar-refractivity contribution in [1.29, 1.82) is 0 Å². The molecule has 5 rings (SSSR count). The molecule has 7 nitrogen and oxygen atoms in total. The number of hydrogen-bond donors (Lipinski definition) is 2. The maximum atomic E-state index is 13.7. The number of nitrogens with zero attached hydrogens (tertiary/aromatic N) is 2. The van der Waals surface area contributed by atoms with Gasteiger partial charge in [-0.15, -0.1) is 0 Å². The highest BCUT2D eigenvalue weighted by molar-refractivity contribution is 7.80. The smallest absolute Gasteiger partial charge is 0.257 e. The summed E-state index contributed by atoms with van der Waals surface area (Å²) in [7, 11) is 0. The number of carbonyl (C=O) groups excluding carboxylic acids is 2. The maximum absolute atomic E-state index is 13.7. The highest BCUT2D eigenvalue weighted by atomic mass is 32.1. The molecule has 0 unspecified atom stereocenters. The van der Waals surface area contributed by atoms with E-state index in [1.54, 1.807) is 30.3 Å². The number of rotatable bonds is 9. The summed E-state index contributed by atoms with van der Waals surface area (Å²) in [4.78, 5) is 31.0. The molecule has 0 spiro atoms. The Bertz CT molecular complexity index is 1530. The fraction of sp³-hybridized carbons (Fsp3) is 0.250. The molecule has 4 aromatic carbocycles. The number of ether oxygens (including phenoxy) is 1. The average Bonchev–Trinajstić information content (AvgIpc) is 3.05. The second-order valence-electron chi connectivity index (χ2n) is 11.2. The van der Waals surface area contributed by atoms with E-state index in [1.807, 2.05) is 35.2 Å². The van der Waals surface area contributed by atoms with Crippen LogP contribution in [-0.2, 0) is 0 Å². The lowest BCUT2D eigenvalue weighted by atomic mass is 9.96. The summed E-state index contributed by atoms with van der Waals surface area (Å²) in [6.45, 7) is 7.37. The van der Waals surface area contributed by atoms with Crippen LogP contribution in [0.4, 0.5) is 5.69 Å². The Labute approximate surface area is 264 Å². The molecular formula is C36H38N4O3S. The van der Waals surface area contributed by atoms with Crippen LogP contribution >= 0.6 is 12.2 Å². The first kappa shape index (κ1) is 30.9. The second-order valence-corrected chi connectivity index (χ2v) is 11.6. The molecule has 1 fully saturated rings. The Morgan fingerprint density at radius 1 is 0.795 bits per heavy atom. The Balaban J connectivity index is 1.22. The Morgan fingerprint density at radius 2 is 1.41 bits per heavy atom. The quantitative estimate of drug-likeness (QED) is 0.215. The molecule has 4 aromatic rings. The van der Waals surface area contributed by atoms with Gasteiger partial charge in [-0.05, 0) is 59.6 Å². The van der Waals surface area contributed by atoms with E-state index in [9.17, 15) is 9.59 Å². The van der Waals surface area contributed by atoms with E-state index in [0.717, 1.165) is 13.1 Å². The number of para-hydroxylation sites is 1. The van der Waals surface area contributed by atoms with Crippen LogP contribution < -0.4 is 15.4 Å². The van der Waals surface area contributed by atoms with Crippen molar-refractivity contribution in [1.82, 2.24) is 15.1 Å². The summed E-state index contributed by atoms with van der Waals surface area (Å²) in [6.07, 6.45) is 0. The van der Waals surface area contributed by atoms with Gasteiger partial charge in [0.15, 0.2) is 5.11 Å². The highest BCUT2D eigenvalue weighted by Gasteiger charge is 2.29. The third-order valence-corrected chi connectivity index (χ3v) is 7.71. The predicted octanol–water partition coefficient (Wildman–Crippen LogP) is 6.40. The third-order valence-electron chi connectivity index (χ3n) is 7.51. The molecule has 1 saturated heterocycles. The molecule has 44 heavy (non-hydrogen) atoms. The number of carbonyl (C=O) groups is 2. The van der Waals surface area contributed by atoms with Crippen LogP contribution in [0.5, 0.6) is 5.75 Å². The van der Waals surface area contributed by atoms with Crippen LogP contribution in [0.3, 0.4) is 0 Å². The summed E-state index contributed by atoms with van der Waals surface area (Å²) in [5, 5.41) is 5.91. The van der Waals surface area contributed by atoms with Crippen LogP contribution in [0, 0.1) is 5.92 Å². The van der Waals surface area contributed by atoms with Gasteiger partial charge in [0.05, 0.1) is 23.9 Å². The van der Waals surface area contributed by atoms with Crippen molar-refractivity contribution >= 4 is 34.8 Å². The van der Waals surface area contributed by atoms with E-state index in [1.165, 1.54) is 11.1 Å². The van der Waals surface area contributed by atoms with Crippen molar-refractivity contribution in [2.75, 3.05) is 38.1 Å². The highest BCUT2D eigenvalue weighted by Crippen LogP contribution is 2.30. The van der Waals surface area contributed by atoms with E-state index < -0.39 is 0 Å². The van der Waals surface area contributed by atoms with Crippen LogP contribution in [0.2, 0.25) is 0 Å². The van der Waals surface area contributed by atoms with Gasteiger partial charge >= 0.3 is 0 Å². The molecule has 0 bridgehead atoms. The summed E-state index contributed by atoms with van der Waals surface area (Å²) in [5.74, 6) is 0.563. The zero-order chi connectivity index (χ0) is 30.9. The van der Waals surface area contributed by atoms with Gasteiger partial charge in [-0.1, -0.05) is 92.7 Å². The maximum Gasteiger partial charge on any atom is 0.257 e. The summed E-state index contributed by atoms with van der Waals surface area (Å²) >= 11 is 5.46. The van der Waals surface area contributed by atoms with Crippen molar-refractivity contribution in [3.8, 4) is 5.75 Å². The fourth-order valence-electron chi connectivity index (χ4n) is 5.34. The number of amides is 2. The molecule has 1 heterocycles. The molecule has 0 saturated carbocycles. The van der Waals surface area contributed by atoms with Gasteiger partial charge in [-0.2, -0.15) is 0 Å². The fourth-order valence-corrected chi connectivity index (χ4v) is 5.54. The van der Waals surface area contributed by atoms with Crippen LogP contribution in [0.1, 0.15) is 51.7 Å². The molecule has 0 radical (unpaired) electrons. The minimum absolute atomic E-state index is 0.0761. The van der Waals surface area contributed by atoms with E-state index in [4.69, 9.17) is 17.0 Å². The standard InChI is InChI=1S/C36H38N4O3S/c1-26(2)25-43-30-17-11-16-29(24-30)34(41)38-36(44)37-32-19-10-9-18-31(32)35(42)40-22-20-39(21-23-40)33(27-12-5-3-6-13-27)28-14-7-4-8-15-28/h3-19,24,26,33H,20-23,25H2,1-2H3,(H2,37,38,41,44). The van der Waals surface area contributed by atoms with Gasteiger partial charge in [0.2, 0.25) is 0 Å². The first-order valence-corrected chi connectivity index (χ1v) is 15.4. The van der Waals surface area contributed by atoms with Crippen molar-refractivity contribution in [2.45, 2.75) is 19.9 Å². The lowest BCUT2D eigenvalue weighted by Gasteiger charge is -2.40. The normalized spacial score (nSPS) is 13.5. The van der Waals surface area contributed by atoms with E-state index >= 15 is 0 Å². The van der Waals surface area contributed by atoms with Crippen LogP contribution in [-0.4, -0.2) is 59.5 Å². The largest absolute Gasteiger partial charge is 0.493 e. The first-order chi connectivity index (χ1) is 21.4. The molecule has 0 aromatic heterocycles. The zero-order valence-corrected chi connectivity index (χ0v) is 25.9. The van der Waals surface area contributed by atoms with E-state index in [-0.39, 0.29) is 23.0 Å². The lowest BCUT2D eigenvalue weighted by Crippen LogP contribution is -2.50. The zero-order valence-electron chi connectivity index (χ0n) is 25.1. The van der Waals surface area contributed by atoms with Gasteiger partial charge in [0.1, 0.15) is 5.75 Å². The van der Waals surface area contributed by atoms with Crippen molar-refractivity contribution in [3.05, 3.63) is 131 Å². The van der Waals surface area contributed by atoms with Crippen LogP contribution in [0.25, 0.3) is 0 Å². The van der Waals surface area contributed by atoms with E-state index in [2.05, 4.69) is 77.9 Å². The number of hydrogen-bond acceptors (Lipinski definition) is 5. The average molecular weight is 607 g/mol. The molecule has 0 atom stereocenters. The summed E-state index contributed by atoms with van der Waals surface area (Å²) in [6, 6.07) is 35.4. The van der Waals surface area contributed by atoms with Gasteiger partial charge in [-0.3, -0.25) is 19.8 Å². The minimum atomic E-state index is -0.358. The van der Waals surface area contributed by atoms with Gasteiger partial charge < -0.3 is 15.0 Å². The summed E-state index contributed by atoms with van der Waals surface area (Å²) < 4.78 is 5.75. The van der Waals surface area contributed by atoms with Crippen molar-refractivity contribution < 1.29 is 14.3 Å². The van der Waals surface area contributed by atoms with Gasteiger partial charge in [-0.25, -0.2) is 0 Å².